The van der Waals surface area contributed by atoms with Crippen LogP contribution in [0.5, 0.6) is 5.75 Å². The van der Waals surface area contributed by atoms with Gasteiger partial charge in [-0.1, -0.05) is 54.6 Å². The van der Waals surface area contributed by atoms with Crippen molar-refractivity contribution in [2.75, 3.05) is 6.61 Å². The van der Waals surface area contributed by atoms with E-state index in [-0.39, 0.29) is 36.7 Å². The van der Waals surface area contributed by atoms with E-state index in [4.69, 9.17) is 9.15 Å². The van der Waals surface area contributed by atoms with Crippen LogP contribution in [0.3, 0.4) is 0 Å². The van der Waals surface area contributed by atoms with Crippen LogP contribution in [0.1, 0.15) is 12.3 Å². The van der Waals surface area contributed by atoms with Crippen LogP contribution < -0.4 is 15.6 Å². The first-order valence-electron chi connectivity index (χ1n) is 10.8. The molecule has 0 unspecified atom stereocenters. The molecule has 0 radical (unpaired) electrons. The zero-order chi connectivity index (χ0) is 24.6. The maximum Gasteiger partial charge on any atom is 0.276 e. The summed E-state index contributed by atoms with van der Waals surface area (Å²) in [5, 5.41) is 0. The lowest BCUT2D eigenvalue weighted by molar-refractivity contribution is -0.130. The van der Waals surface area contributed by atoms with Gasteiger partial charge in [-0.3, -0.25) is 20.4 Å². The van der Waals surface area contributed by atoms with E-state index < -0.39 is 23.4 Å². The highest BCUT2D eigenvalue weighted by Crippen LogP contribution is 2.29. The fourth-order valence-corrected chi connectivity index (χ4v) is 3.33. The van der Waals surface area contributed by atoms with Gasteiger partial charge in [0.25, 0.3) is 5.91 Å². The van der Waals surface area contributed by atoms with Crippen molar-refractivity contribution >= 4 is 11.8 Å². The van der Waals surface area contributed by atoms with Gasteiger partial charge in [0.1, 0.15) is 17.4 Å². The van der Waals surface area contributed by atoms with E-state index in [2.05, 4.69) is 15.8 Å². The van der Waals surface area contributed by atoms with Crippen molar-refractivity contribution in [3.63, 3.8) is 0 Å². The number of benzene rings is 3. The number of aromatic nitrogens is 1. The number of halogens is 2. The number of hydrazine groups is 1. The smallest absolute Gasteiger partial charge is 0.276 e. The first-order valence-corrected chi connectivity index (χ1v) is 10.8. The molecule has 4 rings (SSSR count). The second-order valence-electron chi connectivity index (χ2n) is 7.46. The van der Waals surface area contributed by atoms with Gasteiger partial charge >= 0.3 is 0 Å². The lowest BCUT2D eigenvalue weighted by Crippen LogP contribution is -2.43. The van der Waals surface area contributed by atoms with Crippen molar-refractivity contribution in [3.05, 3.63) is 96.5 Å². The van der Waals surface area contributed by atoms with Crippen LogP contribution in [-0.4, -0.2) is 23.4 Å². The average molecular weight is 477 g/mol. The molecule has 2 amide bonds. The summed E-state index contributed by atoms with van der Waals surface area (Å²) in [5.74, 6) is -2.01. The van der Waals surface area contributed by atoms with Crippen molar-refractivity contribution in [3.8, 4) is 28.2 Å². The van der Waals surface area contributed by atoms with Crippen molar-refractivity contribution in [1.82, 2.24) is 15.8 Å². The van der Waals surface area contributed by atoms with Gasteiger partial charge in [0.15, 0.2) is 18.3 Å². The summed E-state index contributed by atoms with van der Waals surface area (Å²) in [6.45, 7) is -0.304. The van der Waals surface area contributed by atoms with Crippen molar-refractivity contribution in [2.45, 2.75) is 12.8 Å². The van der Waals surface area contributed by atoms with E-state index in [0.717, 1.165) is 23.3 Å². The second kappa shape index (κ2) is 11.1. The van der Waals surface area contributed by atoms with Gasteiger partial charge in [0.05, 0.1) is 11.8 Å². The average Bonchev–Trinajstić information content (AvgIpc) is 3.34. The molecule has 4 aromatic rings. The van der Waals surface area contributed by atoms with Gasteiger partial charge in [0, 0.05) is 18.4 Å². The second-order valence-corrected chi connectivity index (χ2v) is 7.46. The molecule has 1 heterocycles. The van der Waals surface area contributed by atoms with Crippen LogP contribution in [0.15, 0.2) is 83.4 Å². The highest BCUT2D eigenvalue weighted by molar-refractivity contribution is 5.83. The minimum atomic E-state index is -0.776. The minimum absolute atomic E-state index is 0.0682. The number of rotatable bonds is 8. The number of nitrogens with zero attached hydrogens (tertiary/aromatic N) is 1. The highest BCUT2D eigenvalue weighted by atomic mass is 19.1. The highest BCUT2D eigenvalue weighted by Gasteiger charge is 2.16. The van der Waals surface area contributed by atoms with Crippen LogP contribution in [0.25, 0.3) is 22.5 Å². The Morgan fingerprint density at radius 1 is 0.857 bits per heavy atom. The number of hydrogen-bond acceptors (Lipinski definition) is 5. The Morgan fingerprint density at radius 2 is 1.54 bits per heavy atom. The third-order valence-corrected chi connectivity index (χ3v) is 5.00. The quantitative estimate of drug-likeness (QED) is 0.366. The van der Waals surface area contributed by atoms with Crippen LogP contribution in [0.2, 0.25) is 0 Å². The Kier molecular flexibility index (Phi) is 7.47. The summed E-state index contributed by atoms with van der Waals surface area (Å²) in [5.41, 5.74) is 6.03. The molecule has 9 heteroatoms. The molecule has 1 aromatic heterocycles. The fourth-order valence-electron chi connectivity index (χ4n) is 3.33. The summed E-state index contributed by atoms with van der Waals surface area (Å²) < 4.78 is 38.7. The SMILES string of the molecule is O=C(CCc1ncc(-c2c(F)cccc2F)o1)NNC(=O)COc1ccccc1-c1ccccc1. The summed E-state index contributed by atoms with van der Waals surface area (Å²) in [4.78, 5) is 28.1. The van der Waals surface area contributed by atoms with E-state index in [1.165, 1.54) is 12.3 Å². The molecule has 35 heavy (non-hydrogen) atoms. The van der Waals surface area contributed by atoms with Gasteiger partial charge in [0.2, 0.25) is 5.91 Å². The Hall–Kier alpha value is -4.53. The molecule has 0 atom stereocenters. The van der Waals surface area contributed by atoms with Gasteiger partial charge in [-0.25, -0.2) is 13.8 Å². The van der Waals surface area contributed by atoms with Crippen molar-refractivity contribution in [2.24, 2.45) is 0 Å². The predicted molar refractivity (Wildman–Crippen MR) is 124 cm³/mol. The maximum absolute atomic E-state index is 13.9. The number of nitrogens with one attached hydrogen (secondary N) is 2. The van der Waals surface area contributed by atoms with E-state index in [1.54, 1.807) is 12.1 Å². The van der Waals surface area contributed by atoms with Crippen LogP contribution in [0, 0.1) is 11.6 Å². The number of carbonyl (C=O) groups excluding carboxylic acids is 2. The number of oxazole rings is 1. The van der Waals surface area contributed by atoms with E-state index >= 15 is 0 Å². The molecular formula is C26H21F2N3O4. The van der Waals surface area contributed by atoms with Gasteiger partial charge in [-0.2, -0.15) is 0 Å². The Bertz CT molecular complexity index is 1300. The summed E-state index contributed by atoms with van der Waals surface area (Å²) >= 11 is 0. The van der Waals surface area contributed by atoms with Crippen LogP contribution in [0.4, 0.5) is 8.78 Å². The largest absolute Gasteiger partial charge is 0.483 e. The molecule has 0 spiro atoms. The first kappa shape index (κ1) is 23.6. The molecule has 0 bridgehead atoms. The summed E-state index contributed by atoms with van der Waals surface area (Å²) in [6, 6.07) is 20.4. The predicted octanol–water partition coefficient (Wildman–Crippen LogP) is 4.45. The summed E-state index contributed by atoms with van der Waals surface area (Å²) in [6.07, 6.45) is 1.19. The molecular weight excluding hydrogens is 456 g/mol. The zero-order valence-corrected chi connectivity index (χ0v) is 18.5. The molecule has 0 saturated heterocycles. The van der Waals surface area contributed by atoms with Crippen molar-refractivity contribution in [1.29, 1.82) is 0 Å². The molecule has 0 saturated carbocycles. The topological polar surface area (TPSA) is 93.5 Å². The van der Waals surface area contributed by atoms with Crippen LogP contribution in [-0.2, 0) is 16.0 Å². The van der Waals surface area contributed by atoms with Gasteiger partial charge < -0.3 is 9.15 Å². The first-order chi connectivity index (χ1) is 17.0. The lowest BCUT2D eigenvalue weighted by atomic mass is 10.1. The normalized spacial score (nSPS) is 10.6. The molecule has 0 fully saturated rings. The molecule has 178 valence electrons. The number of carbonyl (C=O) groups is 2. The monoisotopic (exact) mass is 477 g/mol. The van der Waals surface area contributed by atoms with Gasteiger partial charge in [-0.05, 0) is 23.8 Å². The molecule has 2 N–H and O–H groups in total. The molecule has 0 aliphatic carbocycles. The molecule has 3 aromatic carbocycles. The van der Waals surface area contributed by atoms with Gasteiger partial charge in [-0.15, -0.1) is 0 Å². The summed E-state index contributed by atoms with van der Waals surface area (Å²) in [7, 11) is 0. The fraction of sp³-hybridized carbons (Fsp3) is 0.115. The molecule has 0 aliphatic rings. The Labute approximate surface area is 199 Å². The number of amides is 2. The van der Waals surface area contributed by atoms with Crippen LogP contribution >= 0.6 is 0 Å². The number of ether oxygens (including phenoxy) is 1. The lowest BCUT2D eigenvalue weighted by Gasteiger charge is -2.12. The maximum atomic E-state index is 13.9. The Balaban J connectivity index is 1.24. The Morgan fingerprint density at radius 3 is 2.31 bits per heavy atom. The number of aryl methyl sites for hydroxylation is 1. The third kappa shape index (κ3) is 6.08. The molecule has 7 nitrogen and oxygen atoms in total. The minimum Gasteiger partial charge on any atom is -0.483 e. The standard InChI is InChI=1S/C26H21F2N3O4/c27-19-10-6-11-20(28)26(19)22-15-29-25(35-22)14-13-23(32)30-31-24(33)16-34-21-12-5-4-9-18(21)17-7-2-1-3-8-17/h1-12,15H,13-14,16H2,(H,30,32)(H,31,33). The third-order valence-electron chi connectivity index (χ3n) is 5.00. The van der Waals surface area contributed by atoms with E-state index in [9.17, 15) is 18.4 Å². The van der Waals surface area contributed by atoms with Crippen molar-refractivity contribution < 1.29 is 27.5 Å². The van der Waals surface area contributed by atoms with E-state index in [0.29, 0.717) is 5.75 Å². The number of hydrogen-bond donors (Lipinski definition) is 2. The van der Waals surface area contributed by atoms with E-state index in [1.807, 2.05) is 42.5 Å². The number of para-hydroxylation sites is 1. The molecule has 0 aliphatic heterocycles. The zero-order valence-electron chi connectivity index (χ0n) is 18.5.